The Balaban J connectivity index is 0.00000128. The molecule has 4 N–H and O–H groups in total. The van der Waals surface area contributed by atoms with Crippen molar-refractivity contribution in [3.05, 3.63) is 71.8 Å². The van der Waals surface area contributed by atoms with Crippen molar-refractivity contribution < 1.29 is 5.48 Å². The number of benzene rings is 2. The molecule has 0 atom stereocenters. The molecule has 0 spiro atoms. The Kier molecular flexibility index (Phi) is 4.70. The molecule has 0 aliphatic carbocycles. The van der Waals surface area contributed by atoms with E-state index in [2.05, 4.69) is 48.5 Å². The molecule has 0 heterocycles. The maximum Gasteiger partial charge on any atom is 0.0212 e. The van der Waals surface area contributed by atoms with E-state index in [1.54, 1.807) is 0 Å². The van der Waals surface area contributed by atoms with Gasteiger partial charge in [0, 0.05) is 12.5 Å². The molecule has 2 rings (SSSR count). The van der Waals surface area contributed by atoms with E-state index in [4.69, 9.17) is 5.73 Å². The molecule has 0 fully saturated rings. The van der Waals surface area contributed by atoms with Crippen LogP contribution in [0, 0.1) is 0 Å². The van der Waals surface area contributed by atoms with Crippen LogP contribution in [0.4, 0.5) is 0 Å². The van der Waals surface area contributed by atoms with Crippen molar-refractivity contribution in [1.29, 1.82) is 0 Å². The smallest absolute Gasteiger partial charge is 0.0212 e. The highest BCUT2D eigenvalue weighted by atomic mass is 16.0. The highest BCUT2D eigenvalue weighted by molar-refractivity contribution is 5.32. The normalized spacial score (nSPS) is 9.88. The lowest BCUT2D eigenvalue weighted by molar-refractivity contribution is 0.819. The van der Waals surface area contributed by atoms with Crippen LogP contribution in [-0.4, -0.2) is 12.0 Å². The lowest BCUT2D eigenvalue weighted by Crippen LogP contribution is -2.13. The third-order valence-electron chi connectivity index (χ3n) is 2.64. The zero-order valence-corrected chi connectivity index (χ0v) is 9.14. The zero-order valence-electron chi connectivity index (χ0n) is 9.14. The molecule has 0 unspecified atom stereocenters. The van der Waals surface area contributed by atoms with Gasteiger partial charge in [0.2, 0.25) is 0 Å². The van der Waals surface area contributed by atoms with Gasteiger partial charge < -0.3 is 11.2 Å². The summed E-state index contributed by atoms with van der Waals surface area (Å²) in [5.74, 6) is 0.312. The summed E-state index contributed by atoms with van der Waals surface area (Å²) in [6.07, 6.45) is 0. The molecule has 0 aliphatic heterocycles. The molecule has 0 amide bonds. The Labute approximate surface area is 96.0 Å². The van der Waals surface area contributed by atoms with Gasteiger partial charge in [0.15, 0.2) is 0 Å². The molecule has 0 saturated heterocycles. The van der Waals surface area contributed by atoms with Crippen LogP contribution in [0.2, 0.25) is 0 Å². The third kappa shape index (κ3) is 2.69. The van der Waals surface area contributed by atoms with Crippen molar-refractivity contribution in [3.8, 4) is 0 Å². The van der Waals surface area contributed by atoms with Gasteiger partial charge in [0.1, 0.15) is 0 Å². The maximum absolute atomic E-state index is 5.84. The first-order valence-electron chi connectivity index (χ1n) is 5.22. The molecule has 0 radical (unpaired) electrons. The van der Waals surface area contributed by atoms with Crippen molar-refractivity contribution >= 4 is 0 Å². The molecule has 2 aromatic rings. The summed E-state index contributed by atoms with van der Waals surface area (Å²) in [6.45, 7) is 0.647. The minimum absolute atomic E-state index is 0. The SMILES string of the molecule is NCC(c1ccccc1)c1ccccc1.O. The number of hydrogen-bond acceptors (Lipinski definition) is 1. The number of rotatable bonds is 3. The summed E-state index contributed by atoms with van der Waals surface area (Å²) in [5, 5.41) is 0. The van der Waals surface area contributed by atoms with Crippen LogP contribution in [0.3, 0.4) is 0 Å². The average Bonchev–Trinajstić information content (AvgIpc) is 2.33. The van der Waals surface area contributed by atoms with Crippen LogP contribution < -0.4 is 5.73 Å². The van der Waals surface area contributed by atoms with Gasteiger partial charge >= 0.3 is 0 Å². The van der Waals surface area contributed by atoms with Gasteiger partial charge in [0.05, 0.1) is 0 Å². The second-order valence-electron chi connectivity index (χ2n) is 3.61. The molecule has 0 aromatic heterocycles. The van der Waals surface area contributed by atoms with E-state index in [0.717, 1.165) is 0 Å². The van der Waals surface area contributed by atoms with Gasteiger partial charge in [-0.05, 0) is 11.1 Å². The first kappa shape index (κ1) is 12.4. The average molecular weight is 215 g/mol. The Morgan fingerprint density at radius 1 is 0.750 bits per heavy atom. The predicted molar refractivity (Wildman–Crippen MR) is 67.4 cm³/mol. The minimum Gasteiger partial charge on any atom is -0.412 e. The van der Waals surface area contributed by atoms with Crippen molar-refractivity contribution in [2.24, 2.45) is 5.73 Å². The van der Waals surface area contributed by atoms with E-state index >= 15 is 0 Å². The molecule has 0 aliphatic rings. The topological polar surface area (TPSA) is 57.5 Å². The van der Waals surface area contributed by atoms with E-state index < -0.39 is 0 Å². The van der Waals surface area contributed by atoms with Crippen molar-refractivity contribution in [3.63, 3.8) is 0 Å². The van der Waals surface area contributed by atoms with Crippen LogP contribution in [-0.2, 0) is 0 Å². The first-order valence-corrected chi connectivity index (χ1v) is 5.22. The van der Waals surface area contributed by atoms with Gasteiger partial charge in [0.25, 0.3) is 0 Å². The van der Waals surface area contributed by atoms with Crippen LogP contribution in [0.5, 0.6) is 0 Å². The van der Waals surface area contributed by atoms with Crippen molar-refractivity contribution in [2.45, 2.75) is 5.92 Å². The van der Waals surface area contributed by atoms with Crippen LogP contribution >= 0.6 is 0 Å². The largest absolute Gasteiger partial charge is 0.412 e. The van der Waals surface area contributed by atoms with Gasteiger partial charge in [-0.15, -0.1) is 0 Å². The van der Waals surface area contributed by atoms with Crippen LogP contribution in [0.25, 0.3) is 0 Å². The molecule has 0 bridgehead atoms. The van der Waals surface area contributed by atoms with Gasteiger partial charge in [-0.3, -0.25) is 0 Å². The quantitative estimate of drug-likeness (QED) is 0.835. The molecular weight excluding hydrogens is 198 g/mol. The standard InChI is InChI=1S/C14H15N.H2O/c15-11-14(12-7-3-1-4-8-12)13-9-5-2-6-10-13;/h1-10,14H,11,15H2;1H2. The molecule has 2 nitrogen and oxygen atoms in total. The van der Waals surface area contributed by atoms with Crippen LogP contribution in [0.1, 0.15) is 17.0 Å². The van der Waals surface area contributed by atoms with E-state index in [9.17, 15) is 0 Å². The Bertz CT molecular complexity index is 360. The lowest BCUT2D eigenvalue weighted by atomic mass is 9.92. The van der Waals surface area contributed by atoms with E-state index in [0.29, 0.717) is 12.5 Å². The van der Waals surface area contributed by atoms with Crippen molar-refractivity contribution in [1.82, 2.24) is 0 Å². The predicted octanol–water partition coefficient (Wildman–Crippen LogP) is 1.95. The summed E-state index contributed by atoms with van der Waals surface area (Å²) < 4.78 is 0. The molecule has 2 aromatic carbocycles. The summed E-state index contributed by atoms with van der Waals surface area (Å²) in [7, 11) is 0. The van der Waals surface area contributed by atoms with Crippen molar-refractivity contribution in [2.75, 3.05) is 6.54 Å². The fourth-order valence-corrected chi connectivity index (χ4v) is 1.84. The van der Waals surface area contributed by atoms with Gasteiger partial charge in [-0.2, -0.15) is 0 Å². The highest BCUT2D eigenvalue weighted by Crippen LogP contribution is 2.22. The van der Waals surface area contributed by atoms with E-state index in [1.165, 1.54) is 11.1 Å². The number of hydrogen-bond donors (Lipinski definition) is 1. The minimum atomic E-state index is 0. The lowest BCUT2D eigenvalue weighted by Gasteiger charge is -2.15. The molecule has 2 heteroatoms. The van der Waals surface area contributed by atoms with Gasteiger partial charge in [-0.1, -0.05) is 60.7 Å². The van der Waals surface area contributed by atoms with Crippen LogP contribution in [0.15, 0.2) is 60.7 Å². The molecule has 16 heavy (non-hydrogen) atoms. The summed E-state index contributed by atoms with van der Waals surface area (Å²) in [4.78, 5) is 0. The fourth-order valence-electron chi connectivity index (χ4n) is 1.84. The zero-order chi connectivity index (χ0) is 10.5. The fraction of sp³-hybridized carbons (Fsp3) is 0.143. The summed E-state index contributed by atoms with van der Waals surface area (Å²) in [6, 6.07) is 20.8. The summed E-state index contributed by atoms with van der Waals surface area (Å²) >= 11 is 0. The molecular formula is C14H17NO. The Morgan fingerprint density at radius 3 is 1.44 bits per heavy atom. The maximum atomic E-state index is 5.84. The summed E-state index contributed by atoms with van der Waals surface area (Å²) in [5.41, 5.74) is 8.40. The molecule has 0 saturated carbocycles. The monoisotopic (exact) mass is 215 g/mol. The van der Waals surface area contributed by atoms with E-state index in [-0.39, 0.29) is 5.48 Å². The van der Waals surface area contributed by atoms with Gasteiger partial charge in [-0.25, -0.2) is 0 Å². The second-order valence-corrected chi connectivity index (χ2v) is 3.61. The Hall–Kier alpha value is -1.64. The second kappa shape index (κ2) is 6.05. The Morgan fingerprint density at radius 2 is 1.12 bits per heavy atom. The highest BCUT2D eigenvalue weighted by Gasteiger charge is 2.10. The first-order chi connectivity index (χ1) is 7.42. The number of nitrogens with two attached hydrogens (primary N) is 1. The third-order valence-corrected chi connectivity index (χ3v) is 2.64. The van der Waals surface area contributed by atoms with E-state index in [1.807, 2.05) is 12.1 Å². The molecule has 84 valence electrons.